The Morgan fingerprint density at radius 3 is 1.39 bits per heavy atom. The van der Waals surface area contributed by atoms with Gasteiger partial charge >= 0.3 is 0 Å². The lowest BCUT2D eigenvalue weighted by atomic mass is 9.95. The lowest BCUT2D eigenvalue weighted by molar-refractivity contribution is 1.18. The Labute approximate surface area is 268 Å². The lowest BCUT2D eigenvalue weighted by Gasteiger charge is -2.10. The van der Waals surface area contributed by atoms with E-state index in [4.69, 9.17) is 0 Å². The largest absolute Gasteiger partial charge is 0.309 e. The van der Waals surface area contributed by atoms with Crippen LogP contribution in [0.2, 0.25) is 0 Å². The van der Waals surface area contributed by atoms with Crippen molar-refractivity contribution in [3.63, 3.8) is 0 Å². The highest BCUT2D eigenvalue weighted by atomic mass is 15.0. The minimum atomic E-state index is 1.17. The van der Waals surface area contributed by atoms with Gasteiger partial charge in [0.15, 0.2) is 0 Å². The normalized spacial score (nSPS) is 11.7. The Balaban J connectivity index is 1.28. The molecule has 0 fully saturated rings. The van der Waals surface area contributed by atoms with Crippen LogP contribution >= 0.6 is 0 Å². The van der Waals surface area contributed by atoms with E-state index in [9.17, 15) is 0 Å². The van der Waals surface area contributed by atoms with Crippen LogP contribution in [-0.2, 0) is 0 Å². The van der Waals surface area contributed by atoms with E-state index in [-0.39, 0.29) is 0 Å². The van der Waals surface area contributed by atoms with Crippen molar-refractivity contribution in [2.24, 2.45) is 0 Å². The molecule has 2 nitrogen and oxygen atoms in total. The first-order valence-electron chi connectivity index (χ1n) is 15.9. The zero-order chi connectivity index (χ0) is 30.8. The van der Waals surface area contributed by atoms with Gasteiger partial charge in [-0.1, -0.05) is 91.0 Å². The molecular formula is C44H32N2. The summed E-state index contributed by atoms with van der Waals surface area (Å²) in [5, 5.41) is 5.06. The molecule has 218 valence electrons. The summed E-state index contributed by atoms with van der Waals surface area (Å²) in [6.07, 6.45) is 0. The topological polar surface area (TPSA) is 9.86 Å². The first-order valence-corrected chi connectivity index (χ1v) is 15.9. The van der Waals surface area contributed by atoms with E-state index in [0.717, 1.165) is 0 Å². The van der Waals surface area contributed by atoms with Gasteiger partial charge < -0.3 is 9.13 Å². The molecule has 0 atom stereocenters. The second-order valence-corrected chi connectivity index (χ2v) is 12.3. The Bertz CT molecular complexity index is 2580. The van der Waals surface area contributed by atoms with Crippen LogP contribution in [0.3, 0.4) is 0 Å². The third-order valence-electron chi connectivity index (χ3n) is 9.72. The number of aryl methyl sites for hydroxylation is 1. The standard InChI is InChI=1S/C44H32N2/c1-29-12-11-18-36(30(29)2)33-22-25-44-40(28-33)39-27-32(21-24-43(39)46(44)35-15-7-4-8-16-35)31-20-23-42-38(26-31)37-17-9-10-19-41(37)45(42)34-13-5-3-6-14-34/h3-28H,1-2H3. The average molecular weight is 589 g/mol. The molecule has 0 amide bonds. The van der Waals surface area contributed by atoms with E-state index >= 15 is 0 Å². The summed E-state index contributed by atoms with van der Waals surface area (Å²) in [6, 6.07) is 57.6. The molecule has 0 radical (unpaired) electrons. The van der Waals surface area contributed by atoms with Gasteiger partial charge in [0.1, 0.15) is 0 Å². The summed E-state index contributed by atoms with van der Waals surface area (Å²) in [4.78, 5) is 0. The molecule has 9 aromatic rings. The highest BCUT2D eigenvalue weighted by Gasteiger charge is 2.17. The second kappa shape index (κ2) is 10.4. The highest BCUT2D eigenvalue weighted by Crippen LogP contribution is 2.39. The second-order valence-electron chi connectivity index (χ2n) is 12.3. The zero-order valence-corrected chi connectivity index (χ0v) is 25.9. The van der Waals surface area contributed by atoms with Crippen LogP contribution < -0.4 is 0 Å². The first kappa shape index (κ1) is 26.5. The molecule has 0 aliphatic heterocycles. The number of hydrogen-bond donors (Lipinski definition) is 0. The Morgan fingerprint density at radius 1 is 0.348 bits per heavy atom. The van der Waals surface area contributed by atoms with Crippen molar-refractivity contribution in [3.8, 4) is 33.6 Å². The quantitative estimate of drug-likeness (QED) is 0.194. The molecule has 46 heavy (non-hydrogen) atoms. The number of hydrogen-bond acceptors (Lipinski definition) is 0. The van der Waals surface area contributed by atoms with E-state index in [2.05, 4.69) is 181 Å². The van der Waals surface area contributed by atoms with Crippen molar-refractivity contribution >= 4 is 43.6 Å². The molecule has 0 saturated heterocycles. The number of aromatic nitrogens is 2. The van der Waals surface area contributed by atoms with E-state index in [1.54, 1.807) is 0 Å². The fourth-order valence-electron chi connectivity index (χ4n) is 7.30. The maximum Gasteiger partial charge on any atom is 0.0541 e. The van der Waals surface area contributed by atoms with Crippen molar-refractivity contribution in [3.05, 3.63) is 169 Å². The molecule has 0 aliphatic rings. The van der Waals surface area contributed by atoms with Gasteiger partial charge in [0.2, 0.25) is 0 Å². The fourth-order valence-corrected chi connectivity index (χ4v) is 7.30. The average Bonchev–Trinajstić information content (AvgIpc) is 3.62. The first-order chi connectivity index (χ1) is 22.7. The van der Waals surface area contributed by atoms with Gasteiger partial charge in [0.05, 0.1) is 22.1 Å². The van der Waals surface area contributed by atoms with Gasteiger partial charge in [-0.15, -0.1) is 0 Å². The summed E-state index contributed by atoms with van der Waals surface area (Å²) in [5.41, 5.74) is 14.8. The fraction of sp³-hybridized carbons (Fsp3) is 0.0455. The number of fused-ring (bicyclic) bond motifs is 6. The van der Waals surface area contributed by atoms with Crippen LogP contribution in [0.15, 0.2) is 158 Å². The lowest BCUT2D eigenvalue weighted by Crippen LogP contribution is -1.93. The van der Waals surface area contributed by atoms with Crippen molar-refractivity contribution in [2.75, 3.05) is 0 Å². The van der Waals surface area contributed by atoms with Gasteiger partial charge in [-0.25, -0.2) is 0 Å². The molecule has 7 aromatic carbocycles. The van der Waals surface area contributed by atoms with E-state index in [0.29, 0.717) is 0 Å². The predicted octanol–water partition coefficient (Wildman–Crippen LogP) is 11.8. The van der Waals surface area contributed by atoms with Crippen LogP contribution in [0.5, 0.6) is 0 Å². The van der Waals surface area contributed by atoms with Gasteiger partial charge in [-0.3, -0.25) is 0 Å². The van der Waals surface area contributed by atoms with Gasteiger partial charge in [-0.2, -0.15) is 0 Å². The Hall–Kier alpha value is -5.86. The van der Waals surface area contributed by atoms with E-state index in [1.165, 1.54) is 88.4 Å². The van der Waals surface area contributed by atoms with Crippen molar-refractivity contribution < 1.29 is 0 Å². The summed E-state index contributed by atoms with van der Waals surface area (Å²) >= 11 is 0. The van der Waals surface area contributed by atoms with Crippen molar-refractivity contribution in [1.29, 1.82) is 0 Å². The van der Waals surface area contributed by atoms with Crippen LogP contribution in [-0.4, -0.2) is 9.13 Å². The predicted molar refractivity (Wildman–Crippen MR) is 195 cm³/mol. The summed E-state index contributed by atoms with van der Waals surface area (Å²) in [5.74, 6) is 0. The maximum absolute atomic E-state index is 2.40. The van der Waals surface area contributed by atoms with Crippen LogP contribution in [0.4, 0.5) is 0 Å². The third-order valence-corrected chi connectivity index (χ3v) is 9.72. The number of benzene rings is 7. The molecule has 0 spiro atoms. The van der Waals surface area contributed by atoms with E-state index in [1.807, 2.05) is 0 Å². The number of para-hydroxylation sites is 3. The molecule has 0 saturated carbocycles. The molecular weight excluding hydrogens is 556 g/mol. The molecule has 0 bridgehead atoms. The molecule has 2 heterocycles. The van der Waals surface area contributed by atoms with E-state index < -0.39 is 0 Å². The molecule has 2 aromatic heterocycles. The molecule has 2 heteroatoms. The van der Waals surface area contributed by atoms with Gasteiger partial charge in [0, 0.05) is 32.9 Å². The molecule has 0 unspecified atom stereocenters. The SMILES string of the molecule is Cc1cccc(-c2ccc3c(c2)c2cc(-c4ccc5c(c4)c4ccccc4n5-c4ccccc4)ccc2n3-c2ccccc2)c1C. The Morgan fingerprint density at radius 2 is 0.804 bits per heavy atom. The minimum absolute atomic E-state index is 1.17. The van der Waals surface area contributed by atoms with Crippen LogP contribution in [0.1, 0.15) is 11.1 Å². The zero-order valence-electron chi connectivity index (χ0n) is 25.9. The van der Waals surface area contributed by atoms with Crippen molar-refractivity contribution in [1.82, 2.24) is 9.13 Å². The van der Waals surface area contributed by atoms with Gasteiger partial charge in [-0.05, 0) is 114 Å². The summed E-state index contributed by atoms with van der Waals surface area (Å²) < 4.78 is 4.78. The minimum Gasteiger partial charge on any atom is -0.309 e. The summed E-state index contributed by atoms with van der Waals surface area (Å²) in [6.45, 7) is 4.42. The Kier molecular flexibility index (Phi) is 5.97. The summed E-state index contributed by atoms with van der Waals surface area (Å²) in [7, 11) is 0. The maximum atomic E-state index is 2.40. The highest BCUT2D eigenvalue weighted by molar-refractivity contribution is 6.13. The van der Waals surface area contributed by atoms with Crippen LogP contribution in [0, 0.1) is 13.8 Å². The smallest absolute Gasteiger partial charge is 0.0541 e. The molecule has 0 aliphatic carbocycles. The van der Waals surface area contributed by atoms with Gasteiger partial charge in [0.25, 0.3) is 0 Å². The number of rotatable bonds is 4. The third kappa shape index (κ3) is 4.04. The van der Waals surface area contributed by atoms with Crippen molar-refractivity contribution in [2.45, 2.75) is 13.8 Å². The number of nitrogens with zero attached hydrogens (tertiary/aromatic N) is 2. The molecule has 0 N–H and O–H groups in total. The van der Waals surface area contributed by atoms with Crippen LogP contribution in [0.25, 0.3) is 77.2 Å². The molecule has 9 rings (SSSR count). The monoisotopic (exact) mass is 588 g/mol.